The van der Waals surface area contributed by atoms with E-state index in [1.165, 1.54) is 17.5 Å². The summed E-state index contributed by atoms with van der Waals surface area (Å²) in [7, 11) is 0. The van der Waals surface area contributed by atoms with Crippen molar-refractivity contribution in [2.45, 2.75) is 6.18 Å². The Morgan fingerprint density at radius 3 is 2.80 bits per heavy atom. The molecule has 1 aromatic heterocycles. The lowest BCUT2D eigenvalue weighted by Crippen LogP contribution is -2.35. The zero-order valence-electron chi connectivity index (χ0n) is 7.47. The number of rotatable bonds is 4. The van der Waals surface area contributed by atoms with Crippen molar-refractivity contribution in [1.82, 2.24) is 10.3 Å². The molecule has 4 nitrogen and oxygen atoms in total. The van der Waals surface area contributed by atoms with Crippen LogP contribution in [0.2, 0.25) is 0 Å². The van der Waals surface area contributed by atoms with Crippen LogP contribution in [-0.4, -0.2) is 30.2 Å². The molecule has 0 aliphatic carbocycles. The molecule has 0 unspecified atom stereocenters. The second kappa shape index (κ2) is 5.08. The number of amides is 1. The number of aromatic nitrogens is 1. The lowest BCUT2D eigenvalue weighted by molar-refractivity contribution is -0.126. The summed E-state index contributed by atoms with van der Waals surface area (Å²) in [5.41, 5.74) is 0. The summed E-state index contributed by atoms with van der Waals surface area (Å²) in [6.45, 7) is -1.57. The predicted molar refractivity (Wildman–Crippen MR) is 49.7 cm³/mol. The van der Waals surface area contributed by atoms with Gasteiger partial charge in [-0.15, -0.1) is 11.3 Å². The third-order valence-electron chi connectivity index (χ3n) is 1.29. The molecule has 0 saturated heterocycles. The first kappa shape index (κ1) is 11.9. The molecule has 1 rings (SSSR count). The van der Waals surface area contributed by atoms with E-state index in [0.29, 0.717) is 5.13 Å². The molecule has 0 aliphatic heterocycles. The van der Waals surface area contributed by atoms with Gasteiger partial charge in [-0.1, -0.05) is 0 Å². The van der Waals surface area contributed by atoms with Crippen LogP contribution in [0.25, 0.3) is 0 Å². The first-order chi connectivity index (χ1) is 6.97. The van der Waals surface area contributed by atoms with Crippen molar-refractivity contribution in [3.63, 3.8) is 0 Å². The zero-order chi connectivity index (χ0) is 11.3. The second-order valence-corrected chi connectivity index (χ2v) is 3.50. The average Bonchev–Trinajstić information content (AvgIpc) is 2.54. The van der Waals surface area contributed by atoms with Crippen LogP contribution in [0.4, 0.5) is 18.3 Å². The van der Waals surface area contributed by atoms with Gasteiger partial charge in [0, 0.05) is 11.6 Å². The fourth-order valence-corrected chi connectivity index (χ4v) is 1.31. The van der Waals surface area contributed by atoms with Gasteiger partial charge in [0.25, 0.3) is 0 Å². The van der Waals surface area contributed by atoms with Crippen molar-refractivity contribution in [2.24, 2.45) is 0 Å². The highest BCUT2D eigenvalue weighted by atomic mass is 32.1. The van der Waals surface area contributed by atoms with Crippen molar-refractivity contribution < 1.29 is 18.0 Å². The van der Waals surface area contributed by atoms with E-state index in [1.807, 2.05) is 5.32 Å². The van der Waals surface area contributed by atoms with Crippen LogP contribution < -0.4 is 10.6 Å². The first-order valence-electron chi connectivity index (χ1n) is 3.94. The number of anilines is 1. The summed E-state index contributed by atoms with van der Waals surface area (Å²) in [6, 6.07) is 0. The molecule has 0 atom stereocenters. The van der Waals surface area contributed by atoms with E-state index in [0.717, 1.165) is 0 Å². The van der Waals surface area contributed by atoms with E-state index in [9.17, 15) is 18.0 Å². The van der Waals surface area contributed by atoms with Gasteiger partial charge in [-0.05, 0) is 0 Å². The minimum absolute atomic E-state index is 0.369. The van der Waals surface area contributed by atoms with Gasteiger partial charge in [0.1, 0.15) is 0 Å². The van der Waals surface area contributed by atoms with Crippen molar-refractivity contribution in [1.29, 1.82) is 0 Å². The number of hydrogen-bond acceptors (Lipinski definition) is 4. The summed E-state index contributed by atoms with van der Waals surface area (Å²) in [5, 5.41) is 6.34. The Kier molecular flexibility index (Phi) is 4.04. The van der Waals surface area contributed by atoms with Gasteiger partial charge in [-0.2, -0.15) is 13.2 Å². The van der Waals surface area contributed by atoms with Gasteiger partial charge >= 0.3 is 6.18 Å². The molecule has 8 heteroatoms. The van der Waals surface area contributed by atoms with E-state index in [4.69, 9.17) is 0 Å². The maximum atomic E-state index is 11.7. The standard InChI is InChI=1S/C7H8F3N3OS/c8-7(9,10)4-11-3-5(14)13-6-12-1-2-15-6/h1-2,11H,3-4H2,(H,12,13,14). The molecule has 1 amide bonds. The smallest absolute Gasteiger partial charge is 0.301 e. The number of thiazole rings is 1. The molecule has 0 aliphatic rings. The van der Waals surface area contributed by atoms with Crippen molar-refractivity contribution in [2.75, 3.05) is 18.4 Å². The number of carbonyl (C=O) groups is 1. The second-order valence-electron chi connectivity index (χ2n) is 2.60. The molecule has 0 spiro atoms. The molecular formula is C7H8F3N3OS. The zero-order valence-corrected chi connectivity index (χ0v) is 8.28. The Bertz CT molecular complexity index is 312. The van der Waals surface area contributed by atoms with E-state index < -0.39 is 18.6 Å². The molecule has 1 aromatic rings. The maximum Gasteiger partial charge on any atom is 0.401 e. The van der Waals surface area contributed by atoms with Crippen LogP contribution in [0, 0.1) is 0 Å². The van der Waals surface area contributed by atoms with Gasteiger partial charge < -0.3 is 10.6 Å². The fourth-order valence-electron chi connectivity index (χ4n) is 0.766. The topological polar surface area (TPSA) is 54.0 Å². The number of alkyl halides is 3. The van der Waals surface area contributed by atoms with Crippen LogP contribution in [0.1, 0.15) is 0 Å². The average molecular weight is 239 g/mol. The molecule has 84 valence electrons. The van der Waals surface area contributed by atoms with Crippen molar-refractivity contribution in [3.8, 4) is 0 Å². The SMILES string of the molecule is O=C(CNCC(F)(F)F)Nc1nccs1. The highest BCUT2D eigenvalue weighted by molar-refractivity contribution is 7.13. The van der Waals surface area contributed by atoms with Crippen LogP contribution in [0.5, 0.6) is 0 Å². The molecule has 0 radical (unpaired) electrons. The summed E-state index contributed by atoms with van der Waals surface area (Å²) in [5.74, 6) is -0.547. The van der Waals surface area contributed by atoms with Crippen LogP contribution in [0.15, 0.2) is 11.6 Å². The number of carbonyl (C=O) groups excluding carboxylic acids is 1. The molecule has 0 saturated carbocycles. The first-order valence-corrected chi connectivity index (χ1v) is 4.82. The normalized spacial score (nSPS) is 11.4. The Morgan fingerprint density at radius 2 is 2.27 bits per heavy atom. The largest absolute Gasteiger partial charge is 0.401 e. The molecule has 0 aromatic carbocycles. The van der Waals surface area contributed by atoms with Crippen molar-refractivity contribution >= 4 is 22.4 Å². The molecule has 0 fully saturated rings. The third-order valence-corrected chi connectivity index (χ3v) is 1.98. The molecule has 2 N–H and O–H groups in total. The fraction of sp³-hybridized carbons (Fsp3) is 0.429. The molecule has 1 heterocycles. The van der Waals surface area contributed by atoms with Crippen LogP contribution >= 0.6 is 11.3 Å². The van der Waals surface area contributed by atoms with Gasteiger partial charge in [-0.3, -0.25) is 4.79 Å². The number of nitrogens with zero attached hydrogens (tertiary/aromatic N) is 1. The van der Waals surface area contributed by atoms with E-state index in [1.54, 1.807) is 5.38 Å². The monoisotopic (exact) mass is 239 g/mol. The number of halogens is 3. The summed E-state index contributed by atoms with van der Waals surface area (Å²) >= 11 is 1.20. The number of nitrogens with one attached hydrogen (secondary N) is 2. The molecule has 15 heavy (non-hydrogen) atoms. The third kappa shape index (κ3) is 5.33. The van der Waals surface area contributed by atoms with E-state index in [-0.39, 0.29) is 6.54 Å². The van der Waals surface area contributed by atoms with Crippen LogP contribution in [0.3, 0.4) is 0 Å². The Labute approximate surface area is 87.5 Å². The maximum absolute atomic E-state index is 11.7. The molecular weight excluding hydrogens is 231 g/mol. The highest BCUT2D eigenvalue weighted by Crippen LogP contribution is 2.12. The van der Waals surface area contributed by atoms with Crippen molar-refractivity contribution in [3.05, 3.63) is 11.6 Å². The van der Waals surface area contributed by atoms with Gasteiger partial charge in [0.2, 0.25) is 5.91 Å². The highest BCUT2D eigenvalue weighted by Gasteiger charge is 2.26. The van der Waals surface area contributed by atoms with E-state index in [2.05, 4.69) is 10.3 Å². The summed E-state index contributed by atoms with van der Waals surface area (Å²) in [6.07, 6.45) is -2.81. The van der Waals surface area contributed by atoms with Gasteiger partial charge in [-0.25, -0.2) is 4.98 Å². The Morgan fingerprint density at radius 1 is 1.53 bits per heavy atom. The minimum Gasteiger partial charge on any atom is -0.301 e. The lowest BCUT2D eigenvalue weighted by Gasteiger charge is -2.07. The van der Waals surface area contributed by atoms with Crippen LogP contribution in [-0.2, 0) is 4.79 Å². The number of hydrogen-bond donors (Lipinski definition) is 2. The van der Waals surface area contributed by atoms with Gasteiger partial charge in [0.15, 0.2) is 5.13 Å². The quantitative estimate of drug-likeness (QED) is 0.831. The van der Waals surface area contributed by atoms with E-state index >= 15 is 0 Å². The lowest BCUT2D eigenvalue weighted by atomic mass is 10.5. The summed E-state index contributed by atoms with van der Waals surface area (Å²) < 4.78 is 35.0. The van der Waals surface area contributed by atoms with Gasteiger partial charge in [0.05, 0.1) is 13.1 Å². The predicted octanol–water partition coefficient (Wildman–Crippen LogP) is 1.23. The Balaban J connectivity index is 2.20. The summed E-state index contributed by atoms with van der Waals surface area (Å²) in [4.78, 5) is 14.8. The minimum atomic E-state index is -4.30. The molecule has 0 bridgehead atoms. The Hall–Kier alpha value is -1.15.